The van der Waals surface area contributed by atoms with Crippen LogP contribution < -0.4 is 16.8 Å². The van der Waals surface area contributed by atoms with Gasteiger partial charge in [0.15, 0.2) is 0 Å². The zero-order valence-electron chi connectivity index (χ0n) is 13.8. The molecule has 0 saturated carbocycles. The van der Waals surface area contributed by atoms with Gasteiger partial charge in [-0.1, -0.05) is 24.1 Å². The van der Waals surface area contributed by atoms with Crippen LogP contribution in [0.15, 0.2) is 24.4 Å². The molecule has 1 amide bonds. The second-order valence-electron chi connectivity index (χ2n) is 5.68. The largest absolute Gasteiger partial charge is 0.365 e. The third-order valence-corrected chi connectivity index (χ3v) is 3.66. The lowest BCUT2D eigenvalue weighted by atomic mass is 10.0. The van der Waals surface area contributed by atoms with Gasteiger partial charge >= 0.3 is 0 Å². The van der Waals surface area contributed by atoms with Crippen LogP contribution in [-0.4, -0.2) is 28.5 Å². The molecule has 1 aromatic carbocycles. The monoisotopic (exact) mass is 313 g/mol. The molecule has 1 atom stereocenters. The molecule has 2 aromatic rings. The number of rotatable bonds is 6. The Morgan fingerprint density at radius 3 is 2.43 bits per heavy atom. The predicted molar refractivity (Wildman–Crippen MR) is 92.2 cm³/mol. The van der Waals surface area contributed by atoms with Gasteiger partial charge in [-0.15, -0.1) is 0 Å². The van der Waals surface area contributed by atoms with E-state index < -0.39 is 5.91 Å². The van der Waals surface area contributed by atoms with E-state index in [4.69, 9.17) is 11.5 Å². The molecule has 0 aliphatic rings. The highest BCUT2D eigenvalue weighted by molar-refractivity contribution is 5.98. The highest BCUT2D eigenvalue weighted by Crippen LogP contribution is 2.24. The molecule has 0 aliphatic carbocycles. The van der Waals surface area contributed by atoms with Crippen LogP contribution in [0, 0.1) is 13.8 Å². The van der Waals surface area contributed by atoms with Crippen LogP contribution in [0.5, 0.6) is 0 Å². The Morgan fingerprint density at radius 2 is 1.91 bits per heavy atom. The first-order valence-corrected chi connectivity index (χ1v) is 7.66. The van der Waals surface area contributed by atoms with Gasteiger partial charge in [0.2, 0.25) is 5.95 Å². The molecule has 5 N–H and O–H groups in total. The lowest BCUT2D eigenvalue weighted by Gasteiger charge is -2.16. The second-order valence-corrected chi connectivity index (χ2v) is 5.68. The van der Waals surface area contributed by atoms with Crippen molar-refractivity contribution in [1.29, 1.82) is 0 Å². The predicted octanol–water partition coefficient (Wildman–Crippen LogP) is 2.01. The van der Waals surface area contributed by atoms with Gasteiger partial charge < -0.3 is 16.8 Å². The average Bonchev–Trinajstić information content (AvgIpc) is 2.51. The number of primary amides is 1. The van der Waals surface area contributed by atoms with E-state index >= 15 is 0 Å². The normalized spacial score (nSPS) is 12.0. The number of aromatic nitrogens is 2. The van der Waals surface area contributed by atoms with Crippen LogP contribution in [0.25, 0.3) is 11.3 Å². The van der Waals surface area contributed by atoms with Crippen LogP contribution in [0.1, 0.15) is 34.8 Å². The SMILES string of the molecule is CCC(CN)Nc1ncc(C(N)=O)c(-c2cc(C)cc(C)c2)n1. The number of benzene rings is 1. The zero-order chi connectivity index (χ0) is 17.0. The van der Waals surface area contributed by atoms with Crippen LogP contribution in [0.3, 0.4) is 0 Å². The summed E-state index contributed by atoms with van der Waals surface area (Å²) in [5.74, 6) is -0.0990. The summed E-state index contributed by atoms with van der Waals surface area (Å²) in [6.45, 7) is 6.52. The van der Waals surface area contributed by atoms with Crippen molar-refractivity contribution in [2.45, 2.75) is 33.2 Å². The Balaban J connectivity index is 2.51. The number of hydrogen-bond donors (Lipinski definition) is 3. The Labute approximate surface area is 136 Å². The van der Waals surface area contributed by atoms with Crippen LogP contribution >= 0.6 is 0 Å². The first kappa shape index (κ1) is 16.9. The third-order valence-electron chi connectivity index (χ3n) is 3.66. The molecule has 23 heavy (non-hydrogen) atoms. The van der Waals surface area contributed by atoms with Crippen molar-refractivity contribution in [3.8, 4) is 11.3 Å². The van der Waals surface area contributed by atoms with Gasteiger partial charge in [0, 0.05) is 24.3 Å². The molecular formula is C17H23N5O. The van der Waals surface area contributed by atoms with Crippen molar-refractivity contribution >= 4 is 11.9 Å². The van der Waals surface area contributed by atoms with Gasteiger partial charge in [-0.3, -0.25) is 4.79 Å². The summed E-state index contributed by atoms with van der Waals surface area (Å²) in [5.41, 5.74) is 15.1. The summed E-state index contributed by atoms with van der Waals surface area (Å²) in [5, 5.41) is 3.18. The number of hydrogen-bond acceptors (Lipinski definition) is 5. The molecule has 0 saturated heterocycles. The topological polar surface area (TPSA) is 107 Å². The zero-order valence-corrected chi connectivity index (χ0v) is 13.8. The highest BCUT2D eigenvalue weighted by Gasteiger charge is 2.15. The van der Waals surface area contributed by atoms with Gasteiger partial charge in [0.1, 0.15) is 0 Å². The summed E-state index contributed by atoms with van der Waals surface area (Å²) in [6.07, 6.45) is 2.32. The first-order chi connectivity index (χ1) is 10.9. The Kier molecular flexibility index (Phi) is 5.28. The highest BCUT2D eigenvalue weighted by atomic mass is 16.1. The summed E-state index contributed by atoms with van der Waals surface area (Å²) in [7, 11) is 0. The van der Waals surface area contributed by atoms with Crippen molar-refractivity contribution in [2.24, 2.45) is 11.5 Å². The maximum atomic E-state index is 11.7. The minimum atomic E-state index is -0.545. The molecule has 122 valence electrons. The van der Waals surface area contributed by atoms with Crippen molar-refractivity contribution < 1.29 is 4.79 Å². The van der Waals surface area contributed by atoms with Crippen LogP contribution in [0.2, 0.25) is 0 Å². The van der Waals surface area contributed by atoms with Gasteiger partial charge in [0.25, 0.3) is 5.91 Å². The lowest BCUT2D eigenvalue weighted by Crippen LogP contribution is -2.29. The van der Waals surface area contributed by atoms with E-state index in [1.165, 1.54) is 6.20 Å². The second kappa shape index (κ2) is 7.19. The smallest absolute Gasteiger partial charge is 0.252 e. The van der Waals surface area contributed by atoms with Gasteiger partial charge in [-0.25, -0.2) is 9.97 Å². The van der Waals surface area contributed by atoms with E-state index in [1.54, 1.807) is 0 Å². The van der Waals surface area contributed by atoms with E-state index in [9.17, 15) is 4.79 Å². The molecule has 0 spiro atoms. The molecular weight excluding hydrogens is 290 g/mol. The summed E-state index contributed by atoms with van der Waals surface area (Å²) < 4.78 is 0. The van der Waals surface area contributed by atoms with Crippen molar-refractivity contribution in [3.63, 3.8) is 0 Å². The number of carbonyl (C=O) groups excluding carboxylic acids is 1. The van der Waals surface area contributed by atoms with E-state index in [-0.39, 0.29) is 6.04 Å². The molecule has 6 heteroatoms. The van der Waals surface area contributed by atoms with E-state index in [2.05, 4.69) is 21.4 Å². The van der Waals surface area contributed by atoms with E-state index in [0.29, 0.717) is 23.8 Å². The van der Waals surface area contributed by atoms with Gasteiger partial charge in [0.05, 0.1) is 11.3 Å². The number of nitrogens with zero attached hydrogens (tertiary/aromatic N) is 2. The van der Waals surface area contributed by atoms with Gasteiger partial charge in [-0.05, 0) is 32.4 Å². The Bertz CT molecular complexity index is 690. The fourth-order valence-corrected chi connectivity index (χ4v) is 2.47. The fourth-order valence-electron chi connectivity index (χ4n) is 2.47. The van der Waals surface area contributed by atoms with Gasteiger partial charge in [-0.2, -0.15) is 0 Å². The fraction of sp³-hybridized carbons (Fsp3) is 0.353. The minimum absolute atomic E-state index is 0.0847. The molecule has 1 aromatic heterocycles. The van der Waals surface area contributed by atoms with Crippen molar-refractivity contribution in [1.82, 2.24) is 9.97 Å². The maximum Gasteiger partial charge on any atom is 0.252 e. The number of carbonyl (C=O) groups is 1. The number of aryl methyl sites for hydroxylation is 2. The Hall–Kier alpha value is -2.47. The van der Waals surface area contributed by atoms with Crippen LogP contribution in [-0.2, 0) is 0 Å². The molecule has 0 bridgehead atoms. The molecule has 1 heterocycles. The van der Waals surface area contributed by atoms with Crippen molar-refractivity contribution in [3.05, 3.63) is 41.1 Å². The molecule has 0 fully saturated rings. The minimum Gasteiger partial charge on any atom is -0.365 e. The lowest BCUT2D eigenvalue weighted by molar-refractivity contribution is 0.100. The molecule has 6 nitrogen and oxygen atoms in total. The third kappa shape index (κ3) is 4.04. The number of amides is 1. The summed E-state index contributed by atoms with van der Waals surface area (Å²) >= 11 is 0. The van der Waals surface area contributed by atoms with E-state index in [0.717, 1.165) is 23.1 Å². The molecule has 2 rings (SSSR count). The van der Waals surface area contributed by atoms with E-state index in [1.807, 2.05) is 32.9 Å². The standard InChI is InChI=1S/C17H23N5O/c1-4-13(8-18)21-17-20-9-14(16(19)23)15(22-17)12-6-10(2)5-11(3)7-12/h5-7,9,13H,4,8,18H2,1-3H3,(H2,19,23)(H,20,21,22). The van der Waals surface area contributed by atoms with Crippen LogP contribution in [0.4, 0.5) is 5.95 Å². The quantitative estimate of drug-likeness (QED) is 0.756. The maximum absolute atomic E-state index is 11.7. The molecule has 1 unspecified atom stereocenters. The number of nitrogens with two attached hydrogens (primary N) is 2. The average molecular weight is 313 g/mol. The number of nitrogens with one attached hydrogen (secondary N) is 1. The molecule has 0 radical (unpaired) electrons. The van der Waals surface area contributed by atoms with Crippen molar-refractivity contribution in [2.75, 3.05) is 11.9 Å². The summed E-state index contributed by atoms with van der Waals surface area (Å²) in [4.78, 5) is 20.4. The Morgan fingerprint density at radius 1 is 1.26 bits per heavy atom. The number of anilines is 1. The first-order valence-electron chi connectivity index (χ1n) is 7.66. The summed E-state index contributed by atoms with van der Waals surface area (Å²) in [6, 6.07) is 6.11. The molecule has 0 aliphatic heterocycles.